The fraction of sp³-hybridized carbons (Fsp3) is 0.577. The zero-order valence-electron chi connectivity index (χ0n) is 43.5. The largest absolute Gasteiger partial charge is 0.493 e. The second-order valence-corrected chi connectivity index (χ2v) is 19.8. The smallest absolute Gasteiger partial charge is 0.411 e. The lowest BCUT2D eigenvalue weighted by Crippen LogP contribution is -2.56. The van der Waals surface area contributed by atoms with E-state index >= 15 is 0 Å². The molecule has 1 unspecified atom stereocenters. The number of benzene rings is 3. The highest BCUT2D eigenvalue weighted by molar-refractivity contribution is 6.54. The Bertz CT molecular complexity index is 2570. The number of hydrogen-bond donors (Lipinski definition) is 3. The summed E-state index contributed by atoms with van der Waals surface area (Å²) in [6.07, 6.45) is 6.81. The van der Waals surface area contributed by atoms with Gasteiger partial charge in [0.25, 0.3) is 11.8 Å². The molecule has 4 N–H and O–H groups in total. The van der Waals surface area contributed by atoms with Crippen molar-refractivity contribution in [3.05, 3.63) is 76.5 Å². The number of carbonyl (C=O) groups excluding carboxylic acids is 2. The Morgan fingerprint density at radius 1 is 0.730 bits per heavy atom. The zero-order chi connectivity index (χ0) is 51.9. The number of aryl methyl sites for hydroxylation is 1. The minimum atomic E-state index is -0.994. The van der Waals surface area contributed by atoms with Gasteiger partial charge in [-0.1, -0.05) is 5.21 Å². The molecule has 3 saturated heterocycles. The molecule has 5 aliphatic rings. The number of aromatic nitrogens is 3. The monoisotopic (exact) mass is 1020 g/mol. The van der Waals surface area contributed by atoms with Crippen LogP contribution in [0.2, 0.25) is 13.6 Å². The average Bonchev–Trinajstić information content (AvgIpc) is 4.19. The van der Waals surface area contributed by atoms with Crippen molar-refractivity contribution in [3.63, 3.8) is 0 Å². The molecule has 0 bridgehead atoms. The first kappa shape index (κ1) is 53.4. The Morgan fingerprint density at radius 3 is 2.01 bits per heavy atom. The fourth-order valence-corrected chi connectivity index (χ4v) is 11.2. The number of fused-ring (bicyclic) bond motifs is 4. The van der Waals surface area contributed by atoms with Crippen LogP contribution in [-0.2, 0) is 43.4 Å². The van der Waals surface area contributed by atoms with Crippen LogP contribution in [0.4, 0.5) is 11.4 Å². The second kappa shape index (κ2) is 24.5. The molecular weight excluding hydrogens is 950 g/mol. The van der Waals surface area contributed by atoms with Crippen LogP contribution in [0.1, 0.15) is 89.3 Å². The molecular formula is C52H72B2N8O12. The molecule has 9 rings (SSSR count). The third kappa shape index (κ3) is 11.8. The molecule has 0 spiro atoms. The Morgan fingerprint density at radius 2 is 1.35 bits per heavy atom. The van der Waals surface area contributed by atoms with Gasteiger partial charge in [-0.2, -0.15) is 0 Å². The van der Waals surface area contributed by atoms with Crippen LogP contribution in [0.15, 0.2) is 48.7 Å². The lowest BCUT2D eigenvalue weighted by Gasteiger charge is -2.40. The summed E-state index contributed by atoms with van der Waals surface area (Å²) in [6, 6.07) is 12.8. The number of ether oxygens (including phenoxy) is 8. The van der Waals surface area contributed by atoms with E-state index in [4.69, 9.17) is 43.6 Å². The molecule has 1 aromatic heterocycles. The van der Waals surface area contributed by atoms with Gasteiger partial charge in [0.05, 0.1) is 82.7 Å². The molecule has 3 fully saturated rings. The maximum atomic E-state index is 14.3. The van der Waals surface area contributed by atoms with Gasteiger partial charge >= 0.3 is 14.1 Å². The number of anilines is 2. The molecule has 4 aromatic rings. The first-order valence-corrected chi connectivity index (χ1v) is 26.3. The molecule has 74 heavy (non-hydrogen) atoms. The third-order valence-electron chi connectivity index (χ3n) is 14.7. The predicted octanol–water partition coefficient (Wildman–Crippen LogP) is 4.76. The van der Waals surface area contributed by atoms with E-state index in [9.17, 15) is 19.6 Å². The first-order chi connectivity index (χ1) is 35.9. The van der Waals surface area contributed by atoms with Crippen LogP contribution in [0.3, 0.4) is 0 Å². The van der Waals surface area contributed by atoms with Gasteiger partial charge in [-0.05, 0) is 119 Å². The van der Waals surface area contributed by atoms with E-state index in [0.29, 0.717) is 118 Å². The molecule has 22 heteroatoms. The molecule has 20 nitrogen and oxygen atoms in total. The van der Waals surface area contributed by atoms with Crippen LogP contribution in [0, 0.1) is 6.92 Å². The third-order valence-corrected chi connectivity index (χ3v) is 14.7. The van der Waals surface area contributed by atoms with E-state index in [2.05, 4.69) is 17.2 Å². The Hall–Kier alpha value is -5.45. The number of nitrogens with zero attached hydrogens (tertiary/aromatic N) is 7. The Kier molecular flexibility index (Phi) is 17.7. The van der Waals surface area contributed by atoms with Crippen molar-refractivity contribution in [3.8, 4) is 28.5 Å². The highest BCUT2D eigenvalue weighted by Crippen LogP contribution is 2.43. The SMILES string of the molecule is COc1cc2c(cc1OCc1cc(COc3cc4c(cc3C)C(=O)N3CCC[C@H]3[C@H](OC3CCCCO3)N4B(C)O)cc(-c3cn(CCOCCOCCOCCN)nn3)c1)N(B(C)O)[C@@H](C)[C@@H]1CCCN1C2=O. The van der Waals surface area contributed by atoms with E-state index in [1.54, 1.807) is 37.6 Å². The van der Waals surface area contributed by atoms with Crippen LogP contribution in [-0.4, -0.2) is 164 Å². The van der Waals surface area contributed by atoms with Crippen LogP contribution >= 0.6 is 0 Å². The summed E-state index contributed by atoms with van der Waals surface area (Å²) in [7, 11) is -0.316. The van der Waals surface area contributed by atoms with Gasteiger partial charge in [-0.15, -0.1) is 5.10 Å². The maximum absolute atomic E-state index is 14.3. The number of amides is 2. The number of carbonyl (C=O) groups is 2. The highest BCUT2D eigenvalue weighted by atomic mass is 16.7. The summed E-state index contributed by atoms with van der Waals surface area (Å²) >= 11 is 0. The van der Waals surface area contributed by atoms with E-state index in [1.165, 1.54) is 0 Å². The van der Waals surface area contributed by atoms with Gasteiger partial charge in [0.1, 0.15) is 30.9 Å². The van der Waals surface area contributed by atoms with Crippen molar-refractivity contribution in [1.29, 1.82) is 0 Å². The Labute approximate surface area is 434 Å². The number of nitrogens with two attached hydrogens (primary N) is 1. The first-order valence-electron chi connectivity index (χ1n) is 26.3. The van der Waals surface area contributed by atoms with Gasteiger partial charge in [0.15, 0.2) is 17.8 Å². The number of methoxy groups -OCH3 is 1. The van der Waals surface area contributed by atoms with Gasteiger partial charge in [0.2, 0.25) is 0 Å². The standard InChI is InChI=1S/C52H72B2N8O12/c1-34-24-39-45(62(54(4)66)52(74-49-12-6-7-17-71-49)43-11-9-15-60(43)50(39)63)29-46(34)72-32-36-25-37(27-38(26-36)41-31-58(57-56-41)16-19-69-21-23-70-22-20-68-18-13-55)33-73-48-30-44-40(28-47(48)67-5)51(64)59-14-8-10-42(59)35(2)61(44)53(3)65/h24-31,35,42-43,49,52,65-66H,6-23,32-33,55H2,1-5H3/t35-,42-,43-,49?,52-/m0/s1. The van der Waals surface area contributed by atoms with Crippen LogP contribution in [0.25, 0.3) is 11.3 Å². The van der Waals surface area contributed by atoms with Gasteiger partial charge in [-0.3, -0.25) is 9.59 Å². The van der Waals surface area contributed by atoms with Gasteiger partial charge < -0.3 is 73.1 Å². The summed E-state index contributed by atoms with van der Waals surface area (Å²) in [4.78, 5) is 35.9. The van der Waals surface area contributed by atoms with E-state index in [-0.39, 0.29) is 43.2 Å². The van der Waals surface area contributed by atoms with Crippen molar-refractivity contribution in [2.45, 2.75) is 123 Å². The maximum Gasteiger partial charge on any atom is 0.411 e. The zero-order valence-corrected chi connectivity index (χ0v) is 43.5. The summed E-state index contributed by atoms with van der Waals surface area (Å²) in [5, 5.41) is 31.6. The van der Waals surface area contributed by atoms with Crippen molar-refractivity contribution in [1.82, 2.24) is 24.8 Å². The summed E-state index contributed by atoms with van der Waals surface area (Å²) < 4.78 is 50.4. The summed E-state index contributed by atoms with van der Waals surface area (Å²) in [6.45, 7) is 13.1. The lowest BCUT2D eigenvalue weighted by atomic mass is 9.80. The van der Waals surface area contributed by atoms with Gasteiger partial charge in [0, 0.05) is 61.4 Å². The number of hydrogen-bond acceptors (Lipinski definition) is 17. The molecule has 0 radical (unpaired) electrons. The lowest BCUT2D eigenvalue weighted by molar-refractivity contribution is -0.194. The fourth-order valence-electron chi connectivity index (χ4n) is 11.2. The normalized spacial score (nSPS) is 21.5. The molecule has 3 aromatic carbocycles. The Balaban J connectivity index is 0.985. The van der Waals surface area contributed by atoms with E-state index in [0.717, 1.165) is 67.2 Å². The second-order valence-electron chi connectivity index (χ2n) is 19.8. The highest BCUT2D eigenvalue weighted by Gasteiger charge is 2.47. The molecule has 398 valence electrons. The molecule has 5 aliphatic heterocycles. The number of rotatable bonds is 23. The molecule has 5 atom stereocenters. The van der Waals surface area contributed by atoms with Crippen LogP contribution < -0.4 is 29.6 Å². The topological polar surface area (TPSA) is 218 Å². The predicted molar refractivity (Wildman–Crippen MR) is 278 cm³/mol. The van der Waals surface area contributed by atoms with Crippen molar-refractivity contribution < 1.29 is 57.5 Å². The van der Waals surface area contributed by atoms with E-state index < -0.39 is 26.6 Å². The molecule has 6 heterocycles. The average molecular weight is 1020 g/mol. The molecule has 0 aliphatic carbocycles. The summed E-state index contributed by atoms with van der Waals surface area (Å²) in [5.74, 6) is 1.15. The van der Waals surface area contributed by atoms with Crippen molar-refractivity contribution in [2.75, 3.05) is 82.6 Å². The van der Waals surface area contributed by atoms with Gasteiger partial charge in [-0.25, -0.2) is 4.68 Å². The molecule has 0 saturated carbocycles. The van der Waals surface area contributed by atoms with E-state index in [1.807, 2.05) is 62.9 Å². The van der Waals surface area contributed by atoms with Crippen molar-refractivity contribution >= 4 is 37.3 Å². The van der Waals surface area contributed by atoms with Crippen molar-refractivity contribution in [2.24, 2.45) is 5.73 Å². The van der Waals surface area contributed by atoms with Crippen LogP contribution in [0.5, 0.6) is 17.2 Å². The minimum Gasteiger partial charge on any atom is -0.493 e. The molecule has 2 amide bonds. The minimum absolute atomic E-state index is 0.0369. The quantitative estimate of drug-likeness (QED) is 0.0674. The summed E-state index contributed by atoms with van der Waals surface area (Å²) in [5.41, 5.74) is 11.3.